The summed E-state index contributed by atoms with van der Waals surface area (Å²) in [5, 5.41) is 0. The molecule has 0 radical (unpaired) electrons. The summed E-state index contributed by atoms with van der Waals surface area (Å²) in [7, 11) is 0. The average molecular weight is 265 g/mol. The van der Waals surface area contributed by atoms with Crippen LogP contribution in [0.5, 0.6) is 0 Å². The number of likely N-dealkylation sites (tertiary alicyclic amines) is 2. The van der Waals surface area contributed by atoms with Gasteiger partial charge in [0.15, 0.2) is 0 Å². The number of hydrogen-bond acceptors (Lipinski definition) is 3. The van der Waals surface area contributed by atoms with Crippen molar-refractivity contribution in [2.45, 2.75) is 63.5 Å². The molecule has 0 spiro atoms. The van der Waals surface area contributed by atoms with Gasteiger partial charge in [-0.3, -0.25) is 9.80 Å². The number of hydrogen-bond donors (Lipinski definition) is 1. The predicted molar refractivity (Wildman–Crippen MR) is 80.2 cm³/mol. The van der Waals surface area contributed by atoms with Crippen molar-refractivity contribution >= 4 is 0 Å². The molecule has 0 aromatic carbocycles. The maximum Gasteiger partial charge on any atom is 0.0306 e. The third kappa shape index (κ3) is 2.84. The van der Waals surface area contributed by atoms with Crippen LogP contribution in [0.1, 0.15) is 51.9 Å². The largest absolute Gasteiger partial charge is 0.329 e. The van der Waals surface area contributed by atoms with Crippen LogP contribution < -0.4 is 5.73 Å². The highest BCUT2D eigenvalue weighted by atomic mass is 15.3. The first-order chi connectivity index (χ1) is 9.21. The molecule has 1 aliphatic carbocycles. The van der Waals surface area contributed by atoms with Gasteiger partial charge < -0.3 is 5.73 Å². The first-order valence-corrected chi connectivity index (χ1v) is 8.40. The van der Waals surface area contributed by atoms with Crippen molar-refractivity contribution in [3.63, 3.8) is 0 Å². The number of nitrogens with two attached hydrogens (primary N) is 1. The molecule has 0 aromatic heterocycles. The molecule has 3 fully saturated rings. The molecule has 19 heavy (non-hydrogen) atoms. The van der Waals surface area contributed by atoms with Gasteiger partial charge in [0.2, 0.25) is 0 Å². The van der Waals surface area contributed by atoms with E-state index < -0.39 is 0 Å². The normalized spacial score (nSPS) is 33.5. The molecule has 2 atom stereocenters. The van der Waals surface area contributed by atoms with E-state index in [0.29, 0.717) is 0 Å². The van der Waals surface area contributed by atoms with Gasteiger partial charge in [0.1, 0.15) is 0 Å². The Morgan fingerprint density at radius 3 is 2.37 bits per heavy atom. The van der Waals surface area contributed by atoms with E-state index in [0.717, 1.165) is 18.5 Å². The van der Waals surface area contributed by atoms with E-state index in [1.165, 1.54) is 71.1 Å². The SMILES string of the molecule is CC(CN)(CC1CCC1)N1CCC(N2CCCC2)C1. The van der Waals surface area contributed by atoms with Gasteiger partial charge in [0, 0.05) is 31.2 Å². The Hall–Kier alpha value is -0.120. The topological polar surface area (TPSA) is 32.5 Å². The van der Waals surface area contributed by atoms with Gasteiger partial charge in [0.05, 0.1) is 0 Å². The second kappa shape index (κ2) is 5.71. The zero-order valence-electron chi connectivity index (χ0n) is 12.6. The summed E-state index contributed by atoms with van der Waals surface area (Å²) in [5.41, 5.74) is 6.42. The van der Waals surface area contributed by atoms with E-state index >= 15 is 0 Å². The third-order valence-corrected chi connectivity index (χ3v) is 5.98. The fourth-order valence-corrected chi connectivity index (χ4v) is 4.30. The van der Waals surface area contributed by atoms with Crippen LogP contribution in [0.15, 0.2) is 0 Å². The van der Waals surface area contributed by atoms with Gasteiger partial charge in [-0.05, 0) is 51.6 Å². The Bertz CT molecular complexity index is 296. The molecule has 3 rings (SSSR count). The van der Waals surface area contributed by atoms with Crippen LogP contribution in [0, 0.1) is 5.92 Å². The van der Waals surface area contributed by atoms with Gasteiger partial charge in [-0.15, -0.1) is 0 Å². The Morgan fingerprint density at radius 2 is 1.79 bits per heavy atom. The molecule has 2 saturated heterocycles. The first kappa shape index (κ1) is 13.8. The highest BCUT2D eigenvalue weighted by Gasteiger charge is 2.40. The third-order valence-electron chi connectivity index (χ3n) is 5.98. The van der Waals surface area contributed by atoms with Crippen molar-refractivity contribution in [2.75, 3.05) is 32.7 Å². The van der Waals surface area contributed by atoms with Crippen molar-refractivity contribution in [3.8, 4) is 0 Å². The first-order valence-electron chi connectivity index (χ1n) is 8.40. The van der Waals surface area contributed by atoms with Crippen LogP contribution in [0.25, 0.3) is 0 Å². The summed E-state index contributed by atoms with van der Waals surface area (Å²) < 4.78 is 0. The van der Waals surface area contributed by atoms with Crippen LogP contribution in [-0.4, -0.2) is 54.1 Å². The lowest BCUT2D eigenvalue weighted by molar-refractivity contribution is 0.0821. The highest BCUT2D eigenvalue weighted by Crippen LogP contribution is 2.37. The molecule has 2 N–H and O–H groups in total. The van der Waals surface area contributed by atoms with Crippen molar-refractivity contribution in [3.05, 3.63) is 0 Å². The summed E-state index contributed by atoms with van der Waals surface area (Å²) in [4.78, 5) is 5.44. The zero-order valence-corrected chi connectivity index (χ0v) is 12.6. The molecule has 110 valence electrons. The minimum Gasteiger partial charge on any atom is -0.329 e. The molecule has 1 saturated carbocycles. The monoisotopic (exact) mass is 265 g/mol. The van der Waals surface area contributed by atoms with Crippen molar-refractivity contribution in [1.82, 2.24) is 9.80 Å². The minimum absolute atomic E-state index is 0.263. The van der Waals surface area contributed by atoms with Crippen LogP contribution >= 0.6 is 0 Å². The molecular formula is C16H31N3. The Morgan fingerprint density at radius 1 is 1.05 bits per heavy atom. The fraction of sp³-hybridized carbons (Fsp3) is 1.00. The maximum absolute atomic E-state index is 6.16. The summed E-state index contributed by atoms with van der Waals surface area (Å²) in [6.45, 7) is 8.44. The van der Waals surface area contributed by atoms with Crippen molar-refractivity contribution in [1.29, 1.82) is 0 Å². The second-order valence-electron chi connectivity index (χ2n) is 7.33. The molecule has 2 unspecified atom stereocenters. The summed E-state index contributed by atoms with van der Waals surface area (Å²) in [5.74, 6) is 0.958. The lowest BCUT2D eigenvalue weighted by Crippen LogP contribution is -2.53. The predicted octanol–water partition coefficient (Wildman–Crippen LogP) is 2.06. The molecule has 3 aliphatic rings. The van der Waals surface area contributed by atoms with E-state index in [1.54, 1.807) is 0 Å². The zero-order chi connectivity index (χ0) is 13.3. The van der Waals surface area contributed by atoms with Gasteiger partial charge in [-0.2, -0.15) is 0 Å². The van der Waals surface area contributed by atoms with E-state index in [4.69, 9.17) is 5.73 Å². The molecular weight excluding hydrogens is 234 g/mol. The molecule has 3 heteroatoms. The molecule has 2 aliphatic heterocycles. The van der Waals surface area contributed by atoms with Gasteiger partial charge in [0.25, 0.3) is 0 Å². The standard InChI is InChI=1S/C16H31N3/c1-16(13-17,11-14-5-4-6-14)19-10-7-15(12-19)18-8-2-3-9-18/h14-15H,2-13,17H2,1H3. The lowest BCUT2D eigenvalue weighted by Gasteiger charge is -2.43. The van der Waals surface area contributed by atoms with Crippen LogP contribution in [0.2, 0.25) is 0 Å². The van der Waals surface area contributed by atoms with E-state index in [2.05, 4.69) is 16.7 Å². The molecule has 0 bridgehead atoms. The molecule has 0 amide bonds. The van der Waals surface area contributed by atoms with Gasteiger partial charge >= 0.3 is 0 Å². The van der Waals surface area contributed by atoms with Crippen molar-refractivity contribution < 1.29 is 0 Å². The van der Waals surface area contributed by atoms with Gasteiger partial charge in [-0.25, -0.2) is 0 Å². The Labute approximate surface area is 118 Å². The molecule has 3 nitrogen and oxygen atoms in total. The minimum atomic E-state index is 0.263. The second-order valence-corrected chi connectivity index (χ2v) is 7.33. The average Bonchev–Trinajstić information content (AvgIpc) is 3.02. The maximum atomic E-state index is 6.16. The highest BCUT2D eigenvalue weighted by molar-refractivity contribution is 4.97. The number of nitrogens with zero attached hydrogens (tertiary/aromatic N) is 2. The van der Waals surface area contributed by atoms with E-state index in [9.17, 15) is 0 Å². The van der Waals surface area contributed by atoms with Crippen molar-refractivity contribution in [2.24, 2.45) is 11.7 Å². The lowest BCUT2D eigenvalue weighted by atomic mass is 9.76. The smallest absolute Gasteiger partial charge is 0.0306 e. The summed E-state index contributed by atoms with van der Waals surface area (Å²) >= 11 is 0. The van der Waals surface area contributed by atoms with Gasteiger partial charge in [-0.1, -0.05) is 19.3 Å². The van der Waals surface area contributed by atoms with Crippen LogP contribution in [0.4, 0.5) is 0 Å². The summed E-state index contributed by atoms with van der Waals surface area (Å²) in [6.07, 6.45) is 9.84. The van der Waals surface area contributed by atoms with Crippen LogP contribution in [0.3, 0.4) is 0 Å². The molecule has 2 heterocycles. The number of rotatable bonds is 5. The van der Waals surface area contributed by atoms with E-state index in [-0.39, 0.29) is 5.54 Å². The summed E-state index contributed by atoms with van der Waals surface area (Å²) in [6, 6.07) is 0.815. The fourth-order valence-electron chi connectivity index (χ4n) is 4.30. The molecule has 0 aromatic rings. The Balaban J connectivity index is 1.57. The van der Waals surface area contributed by atoms with E-state index in [1.807, 2.05) is 0 Å². The van der Waals surface area contributed by atoms with Crippen LogP contribution in [-0.2, 0) is 0 Å². The Kier molecular flexibility index (Phi) is 4.16. The quantitative estimate of drug-likeness (QED) is 0.826.